The topological polar surface area (TPSA) is 75.3 Å². The molecule has 2 aromatic carbocycles. The highest BCUT2D eigenvalue weighted by molar-refractivity contribution is 9.10. The second-order valence-electron chi connectivity index (χ2n) is 6.04. The third-order valence-corrected chi connectivity index (χ3v) is 4.67. The average molecular weight is 437 g/mol. The highest BCUT2D eigenvalue weighted by Gasteiger charge is 2.12. The van der Waals surface area contributed by atoms with Gasteiger partial charge in [-0.2, -0.15) is 5.26 Å². The molecule has 28 heavy (non-hydrogen) atoms. The molecule has 6 heteroatoms. The van der Waals surface area contributed by atoms with Crippen molar-refractivity contribution < 1.29 is 13.9 Å². The van der Waals surface area contributed by atoms with Crippen LogP contribution in [0.3, 0.4) is 0 Å². The Labute approximate surface area is 171 Å². The largest absolute Gasteiger partial charge is 0.497 e. The van der Waals surface area contributed by atoms with Crippen LogP contribution in [0, 0.1) is 18.3 Å². The molecule has 0 atom stereocenters. The van der Waals surface area contributed by atoms with E-state index in [4.69, 9.17) is 9.15 Å². The van der Waals surface area contributed by atoms with E-state index in [9.17, 15) is 10.1 Å². The van der Waals surface area contributed by atoms with Gasteiger partial charge in [-0.3, -0.25) is 4.79 Å². The lowest BCUT2D eigenvalue weighted by atomic mass is 10.1. The van der Waals surface area contributed by atoms with Crippen LogP contribution in [0.4, 0.5) is 5.69 Å². The zero-order valence-electron chi connectivity index (χ0n) is 15.3. The van der Waals surface area contributed by atoms with Gasteiger partial charge in [0.25, 0.3) is 5.91 Å². The van der Waals surface area contributed by atoms with Gasteiger partial charge in [0, 0.05) is 21.8 Å². The maximum Gasteiger partial charge on any atom is 0.266 e. The van der Waals surface area contributed by atoms with Crippen LogP contribution < -0.4 is 10.1 Å². The van der Waals surface area contributed by atoms with Crippen molar-refractivity contribution in [1.82, 2.24) is 0 Å². The van der Waals surface area contributed by atoms with Crippen molar-refractivity contribution in [2.75, 3.05) is 12.4 Å². The average Bonchev–Trinajstić information content (AvgIpc) is 3.15. The van der Waals surface area contributed by atoms with E-state index in [-0.39, 0.29) is 5.57 Å². The highest BCUT2D eigenvalue weighted by atomic mass is 79.9. The first kappa shape index (κ1) is 19.5. The molecule has 0 aliphatic heterocycles. The third-order valence-electron chi connectivity index (χ3n) is 4.02. The number of ether oxygens (including phenoxy) is 1. The molecular formula is C22H17BrN2O3. The SMILES string of the molecule is COc1ccc(NC(=O)/C(C#N)=C/c2ccc(-c3ccc(C)cc3Br)o2)cc1. The third kappa shape index (κ3) is 4.51. The number of nitrogens with zero attached hydrogens (tertiary/aromatic N) is 1. The molecule has 0 unspecified atom stereocenters. The first-order valence-electron chi connectivity index (χ1n) is 8.43. The van der Waals surface area contributed by atoms with E-state index in [0.29, 0.717) is 23.0 Å². The molecule has 0 fully saturated rings. The molecule has 0 aliphatic carbocycles. The van der Waals surface area contributed by atoms with E-state index in [0.717, 1.165) is 15.6 Å². The van der Waals surface area contributed by atoms with Crippen LogP contribution in [0.2, 0.25) is 0 Å². The summed E-state index contributed by atoms with van der Waals surface area (Å²) in [6.45, 7) is 2.01. The molecule has 0 aliphatic rings. The van der Waals surface area contributed by atoms with Crippen molar-refractivity contribution in [1.29, 1.82) is 5.26 Å². The predicted molar refractivity (Wildman–Crippen MR) is 112 cm³/mol. The Balaban J connectivity index is 1.79. The number of anilines is 1. The molecule has 5 nitrogen and oxygen atoms in total. The summed E-state index contributed by atoms with van der Waals surface area (Å²) in [4.78, 5) is 12.4. The van der Waals surface area contributed by atoms with Crippen LogP contribution in [-0.2, 0) is 4.79 Å². The minimum atomic E-state index is -0.512. The Kier molecular flexibility index (Phi) is 5.97. The zero-order chi connectivity index (χ0) is 20.1. The quantitative estimate of drug-likeness (QED) is 0.418. The van der Waals surface area contributed by atoms with Gasteiger partial charge < -0.3 is 14.5 Å². The van der Waals surface area contributed by atoms with Crippen molar-refractivity contribution in [2.45, 2.75) is 6.92 Å². The Morgan fingerprint density at radius 3 is 2.57 bits per heavy atom. The van der Waals surface area contributed by atoms with E-state index in [2.05, 4.69) is 21.2 Å². The molecule has 0 saturated carbocycles. The van der Waals surface area contributed by atoms with Crippen molar-refractivity contribution in [2.24, 2.45) is 0 Å². The molecule has 140 valence electrons. The highest BCUT2D eigenvalue weighted by Crippen LogP contribution is 2.31. The number of methoxy groups -OCH3 is 1. The summed E-state index contributed by atoms with van der Waals surface area (Å²) >= 11 is 3.53. The standard InChI is InChI=1S/C22H17BrN2O3/c1-14-3-9-19(20(23)11-14)21-10-8-18(28-21)12-15(13-24)22(26)25-16-4-6-17(27-2)7-5-16/h3-12H,1-2H3,(H,25,26)/b15-12+. The van der Waals surface area contributed by atoms with Crippen molar-refractivity contribution in [3.63, 3.8) is 0 Å². The van der Waals surface area contributed by atoms with Crippen LogP contribution in [0.15, 0.2) is 69.1 Å². The monoisotopic (exact) mass is 436 g/mol. The Hall–Kier alpha value is -3.30. The summed E-state index contributed by atoms with van der Waals surface area (Å²) in [6.07, 6.45) is 1.42. The lowest BCUT2D eigenvalue weighted by molar-refractivity contribution is -0.112. The number of furan rings is 1. The number of hydrogen-bond acceptors (Lipinski definition) is 4. The number of benzene rings is 2. The second kappa shape index (κ2) is 8.59. The fourth-order valence-corrected chi connectivity index (χ4v) is 3.25. The molecule has 1 aromatic heterocycles. The van der Waals surface area contributed by atoms with Gasteiger partial charge in [-0.1, -0.05) is 22.0 Å². The van der Waals surface area contributed by atoms with E-state index in [1.807, 2.05) is 31.2 Å². The molecule has 0 spiro atoms. The first-order valence-corrected chi connectivity index (χ1v) is 9.23. The molecule has 0 radical (unpaired) electrons. The van der Waals surface area contributed by atoms with Crippen LogP contribution in [0.25, 0.3) is 17.4 Å². The number of amides is 1. The van der Waals surface area contributed by atoms with Crippen molar-refractivity contribution >= 4 is 33.6 Å². The molecule has 1 heterocycles. The van der Waals surface area contributed by atoms with Gasteiger partial charge in [-0.25, -0.2) is 0 Å². The number of aryl methyl sites for hydroxylation is 1. The van der Waals surface area contributed by atoms with Crippen LogP contribution >= 0.6 is 15.9 Å². The Morgan fingerprint density at radius 2 is 1.93 bits per heavy atom. The summed E-state index contributed by atoms with van der Waals surface area (Å²) in [5.41, 5.74) is 2.53. The second-order valence-corrected chi connectivity index (χ2v) is 6.89. The van der Waals surface area contributed by atoms with Gasteiger partial charge in [-0.15, -0.1) is 0 Å². The van der Waals surface area contributed by atoms with E-state index >= 15 is 0 Å². The van der Waals surface area contributed by atoms with E-state index in [1.54, 1.807) is 43.5 Å². The maximum absolute atomic E-state index is 12.4. The Bertz CT molecular complexity index is 1080. The molecule has 1 N–H and O–H groups in total. The number of hydrogen-bond donors (Lipinski definition) is 1. The van der Waals surface area contributed by atoms with Gasteiger partial charge >= 0.3 is 0 Å². The number of carbonyl (C=O) groups excluding carboxylic acids is 1. The van der Waals surface area contributed by atoms with E-state index < -0.39 is 5.91 Å². The number of carbonyl (C=O) groups is 1. The normalized spacial score (nSPS) is 11.0. The molecular weight excluding hydrogens is 420 g/mol. The lowest BCUT2D eigenvalue weighted by Crippen LogP contribution is -2.13. The number of nitriles is 1. The zero-order valence-corrected chi connectivity index (χ0v) is 16.9. The first-order chi connectivity index (χ1) is 13.5. The summed E-state index contributed by atoms with van der Waals surface area (Å²) in [7, 11) is 1.57. The molecule has 1 amide bonds. The van der Waals surface area contributed by atoms with Gasteiger partial charge in [0.05, 0.1) is 7.11 Å². The summed E-state index contributed by atoms with van der Waals surface area (Å²) < 4.78 is 11.8. The smallest absolute Gasteiger partial charge is 0.266 e. The van der Waals surface area contributed by atoms with Crippen LogP contribution in [0.5, 0.6) is 5.75 Å². The predicted octanol–water partition coefficient (Wildman–Crippen LogP) is 5.57. The van der Waals surface area contributed by atoms with Crippen molar-refractivity contribution in [3.05, 3.63) is 76.0 Å². The molecule has 0 saturated heterocycles. The van der Waals surface area contributed by atoms with Gasteiger partial charge in [0.1, 0.15) is 28.9 Å². The molecule has 3 aromatic rings. The maximum atomic E-state index is 12.4. The lowest BCUT2D eigenvalue weighted by Gasteiger charge is -2.05. The number of rotatable bonds is 5. The Morgan fingerprint density at radius 1 is 1.18 bits per heavy atom. The number of nitrogens with one attached hydrogen (secondary N) is 1. The van der Waals surface area contributed by atoms with E-state index in [1.165, 1.54) is 6.08 Å². The van der Waals surface area contributed by atoms with Gasteiger partial charge in [0.15, 0.2) is 0 Å². The fraction of sp³-hybridized carbons (Fsp3) is 0.0909. The van der Waals surface area contributed by atoms with Crippen LogP contribution in [0.1, 0.15) is 11.3 Å². The van der Waals surface area contributed by atoms with Gasteiger partial charge in [-0.05, 0) is 61.0 Å². The summed E-state index contributed by atoms with van der Waals surface area (Å²) in [5, 5.41) is 12.1. The minimum Gasteiger partial charge on any atom is -0.497 e. The fourth-order valence-electron chi connectivity index (χ4n) is 2.56. The summed E-state index contributed by atoms with van der Waals surface area (Å²) in [6, 6.07) is 18.2. The van der Waals surface area contributed by atoms with Crippen molar-refractivity contribution in [3.8, 4) is 23.1 Å². The van der Waals surface area contributed by atoms with Crippen LogP contribution in [-0.4, -0.2) is 13.0 Å². The molecule has 3 rings (SSSR count). The molecule has 0 bridgehead atoms. The number of halogens is 1. The minimum absolute atomic E-state index is 0.0558. The summed E-state index contributed by atoms with van der Waals surface area (Å²) in [5.74, 6) is 1.23. The van der Waals surface area contributed by atoms with Gasteiger partial charge in [0.2, 0.25) is 0 Å².